The molecule has 8 bridgehead atoms. The Hall–Kier alpha value is -9.40. The number of halogens is 1. The number of aryl methyl sites for hydroxylation is 1. The van der Waals surface area contributed by atoms with E-state index in [4.69, 9.17) is 15.2 Å². The van der Waals surface area contributed by atoms with Gasteiger partial charge >= 0.3 is 0 Å². The van der Waals surface area contributed by atoms with Crippen molar-refractivity contribution in [2.75, 3.05) is 39.9 Å². The van der Waals surface area contributed by atoms with Crippen molar-refractivity contribution in [2.45, 2.75) is 165 Å². The molecule has 1 aromatic heterocycles. The smallest absolute Gasteiger partial charge is 0.246 e. The number of aromatic amines is 1. The largest absolute Gasteiger partial charge is 0.497 e. The standard InChI is InChI=1S/C70H86FN11O14/c1-40-64(89)78-54-31-45-7-5-8-46(29-45)37-75-62(88)39-96-59-24-28-81(67(92)47(33-58(54)85)32-48-38-74-53-21-16-49(71)34-52(48)53)57(59)35-61(87)80-63(41(2)83)66(91)79-55(30-44-14-19-51(95-4)20-15-44)68(93)82-27-6-25-70(82,3)69(94)73-26-23-43-11-9-42(10-12-43)13-17-50(84)18-22-60(86)77-56(36-72)65(90)76-40/h5,7-12,14-16,19-21,29,34,38,40-41,47,54-57,59,63,74,83H,6,13,17-18,22-28,30-33,35-37,39,72H2,1-4H3,(H,73,94)(H,75,88)(H,76,90)(H,77,86)(H,78,89)(H,79,91)(H,80,87)/t40-,41-,47-,54+,55+,56+,57-,59+,63+,70+/m1/s1. The van der Waals surface area contributed by atoms with Crippen LogP contribution in [0.1, 0.15) is 106 Å². The van der Waals surface area contributed by atoms with Crippen LogP contribution in [0, 0.1) is 11.7 Å². The van der Waals surface area contributed by atoms with E-state index in [0.717, 1.165) is 11.1 Å². The maximum atomic E-state index is 15.6. The number of ketones is 2. The molecule has 25 nitrogen and oxygen atoms in total. The molecule has 96 heavy (non-hydrogen) atoms. The minimum absolute atomic E-state index is 0.00448. The first-order valence-electron chi connectivity index (χ1n) is 32.7. The van der Waals surface area contributed by atoms with Crippen LogP contribution in [0.25, 0.3) is 10.9 Å². The Balaban J connectivity index is 1.05. The summed E-state index contributed by atoms with van der Waals surface area (Å²) in [5.41, 5.74) is 9.09. The van der Waals surface area contributed by atoms with Gasteiger partial charge < -0.3 is 72.3 Å². The number of aromatic nitrogens is 1. The van der Waals surface area contributed by atoms with Crippen LogP contribution in [0.15, 0.2) is 97.2 Å². The number of aliphatic hydroxyl groups excluding tert-OH is 1. The fourth-order valence-corrected chi connectivity index (χ4v) is 13.0. The Kier molecular flexibility index (Phi) is 23.9. The number of H-pyrrole nitrogens is 1. The number of nitrogens with zero attached hydrogens (tertiary/aromatic N) is 2. The molecule has 6 heterocycles. The number of carbonyl (C=O) groups is 11. The van der Waals surface area contributed by atoms with Gasteiger partial charge in [-0.05, 0) is 129 Å². The van der Waals surface area contributed by atoms with E-state index < -0.39 is 144 Å². The summed E-state index contributed by atoms with van der Waals surface area (Å²) < 4.78 is 26.6. The first-order chi connectivity index (χ1) is 46.0. The summed E-state index contributed by atoms with van der Waals surface area (Å²) in [7, 11) is 1.50. The summed E-state index contributed by atoms with van der Waals surface area (Å²) in [6.45, 7) is 3.73. The van der Waals surface area contributed by atoms with Crippen molar-refractivity contribution in [1.82, 2.24) is 52.0 Å². The van der Waals surface area contributed by atoms with Gasteiger partial charge in [-0.25, -0.2) is 4.39 Å². The van der Waals surface area contributed by atoms with Gasteiger partial charge in [-0.2, -0.15) is 0 Å². The number of Topliss-reactive ketones (excluding diaryl/α,β-unsaturated/α-hetero) is 2. The molecule has 10 atom stereocenters. The van der Waals surface area contributed by atoms with Gasteiger partial charge in [-0.15, -0.1) is 0 Å². The number of benzene rings is 4. The van der Waals surface area contributed by atoms with Crippen molar-refractivity contribution in [3.8, 4) is 5.75 Å². The molecular weight excluding hydrogens is 1240 g/mol. The number of fused-ring (bicyclic) bond motifs is 27. The van der Waals surface area contributed by atoms with Crippen LogP contribution in [-0.2, 0) is 96.1 Å². The van der Waals surface area contributed by atoms with Crippen molar-refractivity contribution in [3.63, 3.8) is 0 Å². The first kappa shape index (κ1) is 70.9. The van der Waals surface area contributed by atoms with E-state index >= 15 is 14.4 Å². The molecule has 5 aliphatic rings. The average Bonchev–Trinajstić information content (AvgIpc) is 1.65. The number of rotatable bonds is 7. The van der Waals surface area contributed by atoms with Crippen LogP contribution >= 0.6 is 0 Å². The van der Waals surface area contributed by atoms with Crippen molar-refractivity contribution >= 4 is 75.6 Å². The fraction of sp³-hybridized carbons (Fsp3) is 0.471. The molecule has 26 heteroatoms. The van der Waals surface area contributed by atoms with Crippen molar-refractivity contribution in [3.05, 3.63) is 136 Å². The summed E-state index contributed by atoms with van der Waals surface area (Å²) >= 11 is 0. The minimum Gasteiger partial charge on any atom is -0.497 e. The molecule has 11 N–H and O–H groups in total. The normalized spacial score (nSPS) is 26.1. The highest BCUT2D eigenvalue weighted by Gasteiger charge is 2.48. The van der Waals surface area contributed by atoms with Gasteiger partial charge in [0.05, 0.1) is 31.4 Å². The molecule has 0 unspecified atom stereocenters. The van der Waals surface area contributed by atoms with Crippen LogP contribution in [0.4, 0.5) is 4.39 Å². The zero-order valence-corrected chi connectivity index (χ0v) is 54.5. The predicted octanol–water partition coefficient (Wildman–Crippen LogP) is 1.74. The summed E-state index contributed by atoms with van der Waals surface area (Å²) in [4.78, 5) is 163. The Labute approximate surface area is 555 Å². The van der Waals surface area contributed by atoms with Crippen molar-refractivity contribution in [1.29, 1.82) is 0 Å². The molecule has 9 amide bonds. The highest BCUT2D eigenvalue weighted by Crippen LogP contribution is 2.33. The van der Waals surface area contributed by atoms with Gasteiger partial charge in [0, 0.05) is 94.3 Å². The number of nitrogens with two attached hydrogens (primary N) is 1. The molecule has 4 aromatic carbocycles. The third-order valence-electron chi connectivity index (χ3n) is 18.6. The number of nitrogens with one attached hydrogen (secondary N) is 8. The minimum atomic E-state index is -1.71. The van der Waals surface area contributed by atoms with Gasteiger partial charge in [0.15, 0.2) is 5.78 Å². The lowest BCUT2D eigenvalue weighted by atomic mass is 9.88. The molecule has 10 rings (SSSR count). The number of aliphatic hydroxyl groups is 1. The van der Waals surface area contributed by atoms with E-state index in [1.165, 1.54) is 49.0 Å². The molecule has 0 aliphatic carbocycles. The Bertz CT molecular complexity index is 3690. The average molecular weight is 1320 g/mol. The highest BCUT2D eigenvalue weighted by molar-refractivity contribution is 5.98. The molecule has 0 spiro atoms. The number of amides is 9. The quantitative estimate of drug-likeness (QED) is 0.104. The molecule has 0 saturated carbocycles. The van der Waals surface area contributed by atoms with Crippen LogP contribution < -0.4 is 47.7 Å². The SMILES string of the molecule is COc1ccc(C[C@@H]2NC(=O)[C@H]([C@@H](C)O)NC(=O)C[C@@H]3[C@@H]4CCN3C(=O)[C@H](Cc3c[nH]c5ccc(F)cc35)CC(=O)[C@H](Cc3cccc(c3)CNC(=O)CO4)NC(=O)[C@@H](C)NC(=O)[C@H](CN)NC(=O)CCC(=O)CCc3ccc(cc3)CCNC(=O)[C@]3(C)CCCN3C2=O)cc1. The predicted molar refractivity (Wildman–Crippen MR) is 349 cm³/mol. The molecule has 2 fully saturated rings. The zero-order valence-electron chi connectivity index (χ0n) is 54.5. The van der Waals surface area contributed by atoms with Gasteiger partial charge in [0.1, 0.15) is 53.7 Å². The lowest BCUT2D eigenvalue weighted by Gasteiger charge is -2.37. The Morgan fingerprint density at radius 2 is 1.44 bits per heavy atom. The third-order valence-corrected chi connectivity index (χ3v) is 18.6. The van der Waals surface area contributed by atoms with Crippen LogP contribution in [0.5, 0.6) is 5.75 Å². The van der Waals surface area contributed by atoms with Gasteiger partial charge in [0.25, 0.3) is 0 Å². The number of methoxy groups -OCH3 is 1. The molecule has 5 aromatic rings. The van der Waals surface area contributed by atoms with E-state index in [1.807, 2.05) is 24.3 Å². The van der Waals surface area contributed by atoms with E-state index in [1.54, 1.807) is 61.7 Å². The Morgan fingerprint density at radius 3 is 2.17 bits per heavy atom. The number of ether oxygens (including phenoxy) is 2. The van der Waals surface area contributed by atoms with Crippen LogP contribution in [-0.4, -0.2) is 179 Å². The highest BCUT2D eigenvalue weighted by atomic mass is 19.1. The van der Waals surface area contributed by atoms with Crippen LogP contribution in [0.3, 0.4) is 0 Å². The Morgan fingerprint density at radius 1 is 0.708 bits per heavy atom. The van der Waals surface area contributed by atoms with Crippen molar-refractivity contribution in [2.24, 2.45) is 11.7 Å². The molecule has 2 saturated heterocycles. The van der Waals surface area contributed by atoms with Gasteiger partial charge in [0.2, 0.25) is 53.2 Å². The summed E-state index contributed by atoms with van der Waals surface area (Å²) in [5, 5.41) is 30.9. The lowest BCUT2D eigenvalue weighted by molar-refractivity contribution is -0.147. The summed E-state index contributed by atoms with van der Waals surface area (Å²) in [5.74, 6) is -8.44. The zero-order chi connectivity index (χ0) is 68.8. The second-order valence-electron chi connectivity index (χ2n) is 25.6. The van der Waals surface area contributed by atoms with E-state index in [9.17, 15) is 47.9 Å². The van der Waals surface area contributed by atoms with Crippen LogP contribution in [0.2, 0.25) is 0 Å². The second-order valence-corrected chi connectivity index (χ2v) is 25.6. The molecule has 0 radical (unpaired) electrons. The monoisotopic (exact) mass is 1320 g/mol. The van der Waals surface area contributed by atoms with Gasteiger partial charge in [-0.3, -0.25) is 52.7 Å². The number of hydrogen-bond donors (Lipinski definition) is 10. The number of hydrogen-bond acceptors (Lipinski definition) is 15. The summed E-state index contributed by atoms with van der Waals surface area (Å²) in [6, 6.07) is 17.0. The fourth-order valence-electron chi connectivity index (χ4n) is 13.0. The van der Waals surface area contributed by atoms with E-state index in [0.29, 0.717) is 64.6 Å². The van der Waals surface area contributed by atoms with Gasteiger partial charge in [-0.1, -0.05) is 60.7 Å². The van der Waals surface area contributed by atoms with Crippen molar-refractivity contribution < 1.29 is 71.7 Å². The molecule has 5 aliphatic heterocycles. The topological polar surface area (TPSA) is 359 Å². The molecular formula is C70H86FN11O14. The first-order valence-corrected chi connectivity index (χ1v) is 32.7. The summed E-state index contributed by atoms with van der Waals surface area (Å²) in [6.07, 6.45) is -1.10. The maximum absolute atomic E-state index is 15.6. The maximum Gasteiger partial charge on any atom is 0.246 e. The third kappa shape index (κ3) is 18.1. The second kappa shape index (κ2) is 32.4. The number of carbonyl (C=O) groups excluding carboxylic acids is 11. The van der Waals surface area contributed by atoms with E-state index in [-0.39, 0.29) is 83.5 Å². The lowest BCUT2D eigenvalue weighted by Crippen LogP contribution is -2.62. The van der Waals surface area contributed by atoms with E-state index in [2.05, 4.69) is 42.2 Å². The molecule has 512 valence electrons.